The van der Waals surface area contributed by atoms with Crippen LogP contribution in [0.25, 0.3) is 139 Å². The Morgan fingerprint density at radius 2 is 0.649 bits per heavy atom. The number of hydrogen-bond donors (Lipinski definition) is 0. The Morgan fingerprint density at radius 1 is 0.257 bits per heavy atom. The van der Waals surface area contributed by atoms with E-state index in [0.29, 0.717) is 17.5 Å². The van der Waals surface area contributed by atoms with Crippen molar-refractivity contribution < 1.29 is 4.42 Å². The minimum atomic E-state index is 0.589. The van der Waals surface area contributed by atoms with Gasteiger partial charge in [0, 0.05) is 43.9 Å². The summed E-state index contributed by atoms with van der Waals surface area (Å²) in [5, 5.41) is 4.32. The van der Waals surface area contributed by atoms with Crippen molar-refractivity contribution >= 4 is 43.7 Å². The molecular formula is C69H44N4O. The van der Waals surface area contributed by atoms with E-state index in [1.54, 1.807) is 0 Å². The quantitative estimate of drug-likeness (QED) is 0.145. The second kappa shape index (κ2) is 18.0. The minimum absolute atomic E-state index is 0.589. The van der Waals surface area contributed by atoms with Gasteiger partial charge in [-0.25, -0.2) is 15.0 Å². The summed E-state index contributed by atoms with van der Waals surface area (Å²) < 4.78 is 8.96. The lowest BCUT2D eigenvalue weighted by molar-refractivity contribution is 0.669. The van der Waals surface area contributed by atoms with Gasteiger partial charge in [0.05, 0.1) is 11.0 Å². The minimum Gasteiger partial charge on any atom is -0.456 e. The molecule has 3 aromatic heterocycles. The molecule has 0 fully saturated rings. The highest BCUT2D eigenvalue weighted by molar-refractivity contribution is 6.14. The third-order valence-electron chi connectivity index (χ3n) is 14.2. The molecule has 11 aromatic carbocycles. The number of aromatic nitrogens is 4. The summed E-state index contributed by atoms with van der Waals surface area (Å²) in [7, 11) is 0. The van der Waals surface area contributed by atoms with Gasteiger partial charge in [-0.15, -0.1) is 0 Å². The van der Waals surface area contributed by atoms with Crippen molar-refractivity contribution in [1.29, 1.82) is 0 Å². The molecule has 5 nitrogen and oxygen atoms in total. The second-order valence-corrected chi connectivity index (χ2v) is 18.8. The average Bonchev–Trinajstić information content (AvgIpc) is 4.03. The van der Waals surface area contributed by atoms with Gasteiger partial charge < -0.3 is 8.98 Å². The van der Waals surface area contributed by atoms with Crippen molar-refractivity contribution in [1.82, 2.24) is 19.5 Å². The number of fused-ring (bicyclic) bond motifs is 6. The number of para-hydroxylation sites is 1. The zero-order valence-corrected chi connectivity index (χ0v) is 40.1. The van der Waals surface area contributed by atoms with Gasteiger partial charge in [0.15, 0.2) is 17.5 Å². The fourth-order valence-electron chi connectivity index (χ4n) is 10.6. The first-order valence-electron chi connectivity index (χ1n) is 25.0. The molecule has 0 aliphatic rings. The Labute approximate surface area is 428 Å². The first kappa shape index (κ1) is 42.9. The highest BCUT2D eigenvalue weighted by atomic mass is 16.3. The zero-order chi connectivity index (χ0) is 49.0. The van der Waals surface area contributed by atoms with Gasteiger partial charge in [0.1, 0.15) is 11.2 Å². The topological polar surface area (TPSA) is 56.7 Å². The van der Waals surface area contributed by atoms with E-state index in [0.717, 1.165) is 77.6 Å². The lowest BCUT2D eigenvalue weighted by atomic mass is 9.92. The SMILES string of the molecule is c1ccc(-c2cc(-c3ccccc3)cc(-c3ccc(-c4ccc5c(c4)c4cc(-c6ccc7oc8cccc(-c9nc(-c%10ccccc%10)nc(-c%10ccccc%10)n9)c8c7c6)ccc4n5-c4ccccc4)cc3)c2)cc1. The summed E-state index contributed by atoms with van der Waals surface area (Å²) in [5.41, 5.74) is 19.4. The van der Waals surface area contributed by atoms with Crippen molar-refractivity contribution in [2.24, 2.45) is 0 Å². The molecule has 346 valence electrons. The third-order valence-corrected chi connectivity index (χ3v) is 14.2. The van der Waals surface area contributed by atoms with E-state index in [9.17, 15) is 0 Å². The highest BCUT2D eigenvalue weighted by Gasteiger charge is 2.20. The molecule has 0 spiro atoms. The molecule has 0 radical (unpaired) electrons. The molecule has 14 aromatic rings. The lowest BCUT2D eigenvalue weighted by Crippen LogP contribution is -2.00. The van der Waals surface area contributed by atoms with E-state index in [1.165, 1.54) is 44.2 Å². The number of benzene rings is 11. The van der Waals surface area contributed by atoms with Gasteiger partial charge in [-0.05, 0) is 128 Å². The van der Waals surface area contributed by atoms with E-state index in [-0.39, 0.29) is 0 Å². The lowest BCUT2D eigenvalue weighted by Gasteiger charge is -2.12. The molecule has 5 heteroatoms. The molecule has 3 heterocycles. The van der Waals surface area contributed by atoms with E-state index in [2.05, 4.69) is 199 Å². The van der Waals surface area contributed by atoms with Gasteiger partial charge >= 0.3 is 0 Å². The molecule has 0 saturated heterocycles. The summed E-state index contributed by atoms with van der Waals surface area (Å²) in [6.07, 6.45) is 0. The maximum atomic E-state index is 6.58. The van der Waals surface area contributed by atoms with Crippen molar-refractivity contribution in [3.05, 3.63) is 267 Å². The Hall–Kier alpha value is -9.97. The average molecular weight is 945 g/mol. The largest absolute Gasteiger partial charge is 0.456 e. The van der Waals surface area contributed by atoms with Gasteiger partial charge in [-0.3, -0.25) is 0 Å². The first-order chi connectivity index (χ1) is 36.6. The van der Waals surface area contributed by atoms with Gasteiger partial charge in [-0.1, -0.05) is 194 Å². The summed E-state index contributed by atoms with van der Waals surface area (Å²) in [6, 6.07) is 94.5. The molecule has 0 unspecified atom stereocenters. The van der Waals surface area contributed by atoms with Crippen LogP contribution in [0.5, 0.6) is 0 Å². The number of nitrogens with zero attached hydrogens (tertiary/aromatic N) is 4. The first-order valence-corrected chi connectivity index (χ1v) is 25.0. The number of furan rings is 1. The van der Waals surface area contributed by atoms with E-state index < -0.39 is 0 Å². The van der Waals surface area contributed by atoms with Crippen LogP contribution in [0, 0.1) is 0 Å². The number of hydrogen-bond acceptors (Lipinski definition) is 4. The van der Waals surface area contributed by atoms with Crippen LogP contribution in [-0.2, 0) is 0 Å². The molecule has 0 amide bonds. The van der Waals surface area contributed by atoms with Crippen LogP contribution < -0.4 is 0 Å². The summed E-state index contributed by atoms with van der Waals surface area (Å²) in [5.74, 6) is 1.82. The van der Waals surface area contributed by atoms with Crippen LogP contribution in [0.15, 0.2) is 271 Å². The van der Waals surface area contributed by atoms with Crippen molar-refractivity contribution in [2.45, 2.75) is 0 Å². The van der Waals surface area contributed by atoms with Crippen LogP contribution >= 0.6 is 0 Å². The van der Waals surface area contributed by atoms with Gasteiger partial charge in [0.2, 0.25) is 0 Å². The highest BCUT2D eigenvalue weighted by Crippen LogP contribution is 2.42. The third kappa shape index (κ3) is 7.72. The van der Waals surface area contributed by atoms with Crippen LogP contribution in [-0.4, -0.2) is 19.5 Å². The standard InChI is InChI=1S/C69H44N4O/c1-6-17-45(18-7-1)54-39-55(46-19-8-2-9-20-46)41-56(40-54)48-31-29-47(30-32-48)51-33-36-62-59(42-51)60-43-52(34-37-63(60)73(62)57-25-14-5-15-26-57)53-35-38-64-61(44-53)66-58(27-16-28-65(66)74-64)69-71-67(49-21-10-3-11-22-49)70-68(72-69)50-23-12-4-13-24-50/h1-44H. The summed E-state index contributed by atoms with van der Waals surface area (Å²) in [4.78, 5) is 15.2. The van der Waals surface area contributed by atoms with Crippen molar-refractivity contribution in [3.63, 3.8) is 0 Å². The second-order valence-electron chi connectivity index (χ2n) is 18.8. The monoisotopic (exact) mass is 944 g/mol. The normalized spacial score (nSPS) is 11.5. The van der Waals surface area contributed by atoms with Crippen LogP contribution in [0.2, 0.25) is 0 Å². The van der Waals surface area contributed by atoms with E-state index >= 15 is 0 Å². The summed E-state index contributed by atoms with van der Waals surface area (Å²) in [6.45, 7) is 0. The fraction of sp³-hybridized carbons (Fsp3) is 0. The molecule has 0 atom stereocenters. The maximum Gasteiger partial charge on any atom is 0.164 e. The zero-order valence-electron chi connectivity index (χ0n) is 40.1. The van der Waals surface area contributed by atoms with Crippen LogP contribution in [0.4, 0.5) is 0 Å². The molecule has 0 saturated carbocycles. The van der Waals surface area contributed by atoms with Gasteiger partial charge in [-0.2, -0.15) is 0 Å². The molecular weight excluding hydrogens is 901 g/mol. The maximum absolute atomic E-state index is 6.58. The Morgan fingerprint density at radius 3 is 1.16 bits per heavy atom. The number of rotatable bonds is 9. The predicted octanol–water partition coefficient (Wildman–Crippen LogP) is 18.2. The molecule has 0 aliphatic carbocycles. The van der Waals surface area contributed by atoms with Crippen LogP contribution in [0.1, 0.15) is 0 Å². The smallest absolute Gasteiger partial charge is 0.164 e. The Bertz CT molecular complexity index is 4260. The van der Waals surface area contributed by atoms with E-state index in [4.69, 9.17) is 19.4 Å². The van der Waals surface area contributed by atoms with Crippen LogP contribution in [0.3, 0.4) is 0 Å². The Balaban J connectivity index is 0.877. The fourth-order valence-corrected chi connectivity index (χ4v) is 10.6. The molecule has 74 heavy (non-hydrogen) atoms. The molecule has 14 rings (SSSR count). The van der Waals surface area contributed by atoms with E-state index in [1.807, 2.05) is 72.8 Å². The Kier molecular flexibility index (Phi) is 10.4. The predicted molar refractivity (Wildman–Crippen MR) is 305 cm³/mol. The molecule has 0 aliphatic heterocycles. The van der Waals surface area contributed by atoms with Gasteiger partial charge in [0.25, 0.3) is 0 Å². The molecule has 0 bridgehead atoms. The summed E-state index contributed by atoms with van der Waals surface area (Å²) >= 11 is 0. The van der Waals surface area contributed by atoms with Crippen molar-refractivity contribution in [3.8, 4) is 95.5 Å². The molecule has 0 N–H and O–H groups in total. The van der Waals surface area contributed by atoms with Crippen molar-refractivity contribution in [2.75, 3.05) is 0 Å².